The molecule has 1 aliphatic rings. The number of hydrogen-bond donors (Lipinski definition) is 1. The zero-order valence-electron chi connectivity index (χ0n) is 9.63. The van der Waals surface area contributed by atoms with E-state index in [1.54, 1.807) is 0 Å². The molecule has 0 atom stereocenters. The first kappa shape index (κ1) is 12.3. The van der Waals surface area contributed by atoms with Crippen LogP contribution in [-0.4, -0.2) is 17.5 Å². The monoisotopic (exact) mass is 255 g/mol. The molecule has 1 aromatic carbocycles. The molecule has 3 heteroatoms. The molecule has 1 fully saturated rings. The quantitative estimate of drug-likeness (QED) is 0.861. The van der Waals surface area contributed by atoms with Crippen molar-refractivity contribution in [1.29, 1.82) is 0 Å². The lowest BCUT2D eigenvalue weighted by Crippen LogP contribution is -2.43. The highest BCUT2D eigenvalue weighted by atomic mass is 35.5. The molecule has 1 nitrogen and oxygen atoms in total. The maximum absolute atomic E-state index is 5.95. The number of nitrogens with one attached hydrogen (secondary N) is 1. The van der Waals surface area contributed by atoms with Gasteiger partial charge in [-0.15, -0.1) is 0 Å². The van der Waals surface area contributed by atoms with E-state index < -0.39 is 0 Å². The summed E-state index contributed by atoms with van der Waals surface area (Å²) in [6.45, 7) is 2.03. The van der Waals surface area contributed by atoms with Gasteiger partial charge >= 0.3 is 0 Å². The molecule has 0 aromatic heterocycles. The SMILES string of the molecule is CSC1(CNCc2cccc(Cl)c2)CCC1. The third kappa shape index (κ3) is 2.93. The Kier molecular flexibility index (Phi) is 4.17. The van der Waals surface area contributed by atoms with Crippen LogP contribution in [0.5, 0.6) is 0 Å². The fraction of sp³-hybridized carbons (Fsp3) is 0.538. The Morgan fingerprint density at radius 1 is 1.44 bits per heavy atom. The van der Waals surface area contributed by atoms with Gasteiger partial charge in [-0.05, 0) is 36.8 Å². The van der Waals surface area contributed by atoms with E-state index in [2.05, 4.69) is 17.6 Å². The first-order valence-electron chi connectivity index (χ1n) is 5.74. The lowest BCUT2D eigenvalue weighted by atomic mass is 9.84. The third-order valence-corrected chi connectivity index (χ3v) is 5.02. The van der Waals surface area contributed by atoms with Gasteiger partial charge in [-0.2, -0.15) is 11.8 Å². The predicted octanol–water partition coefficient (Wildman–Crippen LogP) is 3.72. The van der Waals surface area contributed by atoms with Crippen molar-refractivity contribution < 1.29 is 0 Å². The zero-order valence-corrected chi connectivity index (χ0v) is 11.2. The molecule has 1 aliphatic carbocycles. The summed E-state index contributed by atoms with van der Waals surface area (Å²) in [7, 11) is 0. The highest BCUT2D eigenvalue weighted by Crippen LogP contribution is 2.42. The van der Waals surface area contributed by atoms with Gasteiger partial charge in [-0.1, -0.05) is 30.2 Å². The highest BCUT2D eigenvalue weighted by Gasteiger charge is 2.35. The van der Waals surface area contributed by atoms with Gasteiger partial charge in [0.05, 0.1) is 0 Å². The maximum atomic E-state index is 5.95. The Morgan fingerprint density at radius 3 is 2.81 bits per heavy atom. The summed E-state index contributed by atoms with van der Waals surface area (Å²) in [6.07, 6.45) is 6.33. The summed E-state index contributed by atoms with van der Waals surface area (Å²) < 4.78 is 0.512. The number of benzene rings is 1. The van der Waals surface area contributed by atoms with Crippen molar-refractivity contribution in [3.05, 3.63) is 34.9 Å². The van der Waals surface area contributed by atoms with Crippen LogP contribution < -0.4 is 5.32 Å². The molecule has 0 spiro atoms. The topological polar surface area (TPSA) is 12.0 Å². The standard InChI is InChI=1S/C13H18ClNS/c1-16-13(6-3-7-13)10-15-9-11-4-2-5-12(14)8-11/h2,4-5,8,15H,3,6-7,9-10H2,1H3. The van der Waals surface area contributed by atoms with E-state index >= 15 is 0 Å². The fourth-order valence-corrected chi connectivity index (χ4v) is 3.26. The summed E-state index contributed by atoms with van der Waals surface area (Å²) in [6, 6.07) is 8.07. The Balaban J connectivity index is 1.79. The molecule has 1 N–H and O–H groups in total. The van der Waals surface area contributed by atoms with E-state index in [9.17, 15) is 0 Å². The number of thioether (sulfide) groups is 1. The number of rotatable bonds is 5. The minimum absolute atomic E-state index is 0.512. The number of hydrogen-bond acceptors (Lipinski definition) is 2. The normalized spacial score (nSPS) is 18.1. The molecule has 0 saturated heterocycles. The highest BCUT2D eigenvalue weighted by molar-refractivity contribution is 8.00. The van der Waals surface area contributed by atoms with E-state index in [-0.39, 0.29) is 0 Å². The van der Waals surface area contributed by atoms with Gasteiger partial charge in [0.15, 0.2) is 0 Å². The summed E-state index contributed by atoms with van der Waals surface area (Å²) in [5.74, 6) is 0. The van der Waals surface area contributed by atoms with Crippen LogP contribution >= 0.6 is 23.4 Å². The summed E-state index contributed by atoms with van der Waals surface area (Å²) in [5.41, 5.74) is 1.27. The molecule has 1 saturated carbocycles. The lowest BCUT2D eigenvalue weighted by molar-refractivity contribution is 0.345. The third-order valence-electron chi connectivity index (χ3n) is 3.36. The second-order valence-corrected chi connectivity index (χ2v) is 6.18. The summed E-state index contributed by atoms with van der Waals surface area (Å²) in [4.78, 5) is 0. The average molecular weight is 256 g/mol. The molecule has 0 unspecified atom stereocenters. The molecule has 0 amide bonds. The van der Waals surface area contributed by atoms with Gasteiger partial charge in [0, 0.05) is 22.9 Å². The molecule has 16 heavy (non-hydrogen) atoms. The van der Waals surface area contributed by atoms with Crippen molar-refractivity contribution in [1.82, 2.24) is 5.32 Å². The van der Waals surface area contributed by atoms with E-state index in [0.29, 0.717) is 4.75 Å². The molecule has 2 rings (SSSR count). The first-order chi connectivity index (χ1) is 7.74. The van der Waals surface area contributed by atoms with Crippen LogP contribution in [-0.2, 0) is 6.54 Å². The van der Waals surface area contributed by atoms with Gasteiger partial charge in [0.2, 0.25) is 0 Å². The maximum Gasteiger partial charge on any atom is 0.0409 e. The Bertz CT molecular complexity index is 344. The van der Waals surface area contributed by atoms with Crippen LogP contribution in [0.25, 0.3) is 0 Å². The van der Waals surface area contributed by atoms with Crippen molar-refractivity contribution in [3.63, 3.8) is 0 Å². The van der Waals surface area contributed by atoms with Crippen LogP contribution in [0.2, 0.25) is 5.02 Å². The predicted molar refractivity (Wildman–Crippen MR) is 73.3 cm³/mol. The van der Waals surface area contributed by atoms with E-state index in [1.165, 1.54) is 24.8 Å². The molecule has 0 aliphatic heterocycles. The van der Waals surface area contributed by atoms with Crippen LogP contribution in [0.4, 0.5) is 0 Å². The first-order valence-corrected chi connectivity index (χ1v) is 7.35. The summed E-state index contributed by atoms with van der Waals surface area (Å²) in [5, 5.41) is 4.36. The van der Waals surface area contributed by atoms with Crippen molar-refractivity contribution in [2.75, 3.05) is 12.8 Å². The Hall–Kier alpha value is -0.180. The zero-order chi connectivity index (χ0) is 11.4. The molecule has 0 bridgehead atoms. The summed E-state index contributed by atoms with van der Waals surface area (Å²) >= 11 is 7.96. The van der Waals surface area contributed by atoms with Crippen LogP contribution in [0, 0.1) is 0 Å². The molecule has 88 valence electrons. The second kappa shape index (κ2) is 5.44. The second-order valence-electron chi connectivity index (χ2n) is 4.47. The van der Waals surface area contributed by atoms with Gasteiger partial charge in [0.25, 0.3) is 0 Å². The minimum atomic E-state index is 0.512. The van der Waals surface area contributed by atoms with Crippen LogP contribution in [0.1, 0.15) is 24.8 Å². The van der Waals surface area contributed by atoms with Gasteiger partial charge < -0.3 is 5.32 Å². The van der Waals surface area contributed by atoms with Crippen LogP contribution in [0.3, 0.4) is 0 Å². The molecular formula is C13H18ClNS. The van der Waals surface area contributed by atoms with Gasteiger partial charge in [-0.3, -0.25) is 0 Å². The Labute approximate surface area is 107 Å². The van der Waals surface area contributed by atoms with E-state index in [1.807, 2.05) is 30.0 Å². The molecule has 0 heterocycles. The molecular weight excluding hydrogens is 238 g/mol. The van der Waals surface area contributed by atoms with Crippen molar-refractivity contribution in [2.45, 2.75) is 30.6 Å². The van der Waals surface area contributed by atoms with Gasteiger partial charge in [0.1, 0.15) is 0 Å². The van der Waals surface area contributed by atoms with E-state index in [0.717, 1.165) is 18.1 Å². The van der Waals surface area contributed by atoms with Crippen molar-refractivity contribution in [3.8, 4) is 0 Å². The lowest BCUT2D eigenvalue weighted by Gasteiger charge is -2.40. The smallest absolute Gasteiger partial charge is 0.0409 e. The average Bonchev–Trinajstić information content (AvgIpc) is 2.22. The molecule has 1 aromatic rings. The van der Waals surface area contributed by atoms with Crippen molar-refractivity contribution >= 4 is 23.4 Å². The van der Waals surface area contributed by atoms with Gasteiger partial charge in [-0.25, -0.2) is 0 Å². The molecule has 0 radical (unpaired) electrons. The van der Waals surface area contributed by atoms with E-state index in [4.69, 9.17) is 11.6 Å². The fourth-order valence-electron chi connectivity index (χ4n) is 2.11. The largest absolute Gasteiger partial charge is 0.311 e. The van der Waals surface area contributed by atoms with Crippen LogP contribution in [0.15, 0.2) is 24.3 Å². The number of halogens is 1. The Morgan fingerprint density at radius 2 is 2.25 bits per heavy atom. The van der Waals surface area contributed by atoms with Crippen molar-refractivity contribution in [2.24, 2.45) is 0 Å². The minimum Gasteiger partial charge on any atom is -0.311 e.